The van der Waals surface area contributed by atoms with Gasteiger partial charge in [0.05, 0.1) is 12.8 Å². The maximum atomic E-state index is 5.50. The Balaban J connectivity index is 1.80. The first kappa shape index (κ1) is 17.0. The summed E-state index contributed by atoms with van der Waals surface area (Å²) in [6.45, 7) is 5.54. The second kappa shape index (κ2) is 7.40. The van der Waals surface area contributed by atoms with Crippen molar-refractivity contribution in [3.63, 3.8) is 0 Å². The lowest BCUT2D eigenvalue weighted by Crippen LogP contribution is -2.19. The van der Waals surface area contributed by atoms with Crippen LogP contribution in [-0.2, 0) is 13.1 Å². The molecule has 3 aromatic rings. The number of ether oxygens (including phenoxy) is 1. The highest BCUT2D eigenvalue weighted by molar-refractivity contribution is 5.59. The number of aromatic amines is 1. The summed E-state index contributed by atoms with van der Waals surface area (Å²) in [7, 11) is 3.77. The van der Waals surface area contributed by atoms with Crippen LogP contribution in [-0.4, -0.2) is 44.7 Å². The molecule has 0 spiro atoms. The van der Waals surface area contributed by atoms with Crippen molar-refractivity contribution in [2.75, 3.05) is 14.2 Å². The van der Waals surface area contributed by atoms with E-state index in [1.165, 1.54) is 0 Å². The van der Waals surface area contributed by atoms with Crippen molar-refractivity contribution in [3.05, 3.63) is 52.8 Å². The van der Waals surface area contributed by atoms with Crippen LogP contribution >= 0.6 is 0 Å². The molecule has 0 fully saturated rings. The number of H-pyrrole nitrogens is 1. The Kier molecular flexibility index (Phi) is 5.04. The van der Waals surface area contributed by atoms with Crippen molar-refractivity contribution in [2.24, 2.45) is 0 Å². The van der Waals surface area contributed by atoms with Gasteiger partial charge in [-0.3, -0.25) is 9.88 Å². The smallest absolute Gasteiger partial charge is 0.204 e. The largest absolute Gasteiger partial charge is 0.496 e. The highest BCUT2D eigenvalue weighted by atomic mass is 16.5. The first-order valence-corrected chi connectivity index (χ1v) is 8.09. The summed E-state index contributed by atoms with van der Waals surface area (Å²) in [6, 6.07) is 8.08. The number of tetrazole rings is 1. The van der Waals surface area contributed by atoms with E-state index in [0.29, 0.717) is 5.82 Å². The topological polar surface area (TPSA) is 79.8 Å². The molecule has 0 unspecified atom stereocenters. The number of pyridine rings is 1. The van der Waals surface area contributed by atoms with Crippen molar-refractivity contribution in [1.29, 1.82) is 0 Å². The summed E-state index contributed by atoms with van der Waals surface area (Å²) >= 11 is 0. The van der Waals surface area contributed by atoms with Crippen LogP contribution in [0.25, 0.3) is 11.4 Å². The van der Waals surface area contributed by atoms with Gasteiger partial charge in [-0.1, -0.05) is 24.3 Å². The van der Waals surface area contributed by atoms with Gasteiger partial charge in [-0.15, -0.1) is 10.2 Å². The van der Waals surface area contributed by atoms with Crippen molar-refractivity contribution in [1.82, 2.24) is 30.5 Å². The predicted octanol–water partition coefficient (Wildman–Crippen LogP) is 2.52. The van der Waals surface area contributed by atoms with E-state index in [9.17, 15) is 0 Å². The Morgan fingerprint density at radius 1 is 1.16 bits per heavy atom. The lowest BCUT2D eigenvalue weighted by Gasteiger charge is -2.20. The number of aryl methyl sites for hydroxylation is 1. The molecule has 0 aliphatic carbocycles. The summed E-state index contributed by atoms with van der Waals surface area (Å²) in [5.74, 6) is 1.51. The predicted molar refractivity (Wildman–Crippen MR) is 95.0 cm³/mol. The van der Waals surface area contributed by atoms with E-state index in [1.54, 1.807) is 7.11 Å². The summed E-state index contributed by atoms with van der Waals surface area (Å²) < 4.78 is 5.50. The summed E-state index contributed by atoms with van der Waals surface area (Å²) in [5.41, 5.74) is 5.27. The van der Waals surface area contributed by atoms with Gasteiger partial charge in [0.2, 0.25) is 5.82 Å². The van der Waals surface area contributed by atoms with Crippen LogP contribution in [0.1, 0.15) is 22.4 Å². The third-order valence-electron chi connectivity index (χ3n) is 4.21. The SMILES string of the molecule is COc1c(C)cnc(CN(C)Cc2ccccc2-c2nn[nH]n2)c1C. The van der Waals surface area contributed by atoms with Crippen LogP contribution in [0.4, 0.5) is 0 Å². The number of methoxy groups -OCH3 is 1. The fourth-order valence-electron chi connectivity index (χ4n) is 2.99. The van der Waals surface area contributed by atoms with Crippen molar-refractivity contribution in [3.8, 4) is 17.1 Å². The minimum Gasteiger partial charge on any atom is -0.496 e. The molecule has 2 aromatic heterocycles. The molecule has 2 heterocycles. The molecule has 25 heavy (non-hydrogen) atoms. The molecule has 3 rings (SSSR count). The lowest BCUT2D eigenvalue weighted by molar-refractivity contribution is 0.313. The van der Waals surface area contributed by atoms with E-state index >= 15 is 0 Å². The van der Waals surface area contributed by atoms with Gasteiger partial charge in [0.1, 0.15) is 5.75 Å². The van der Waals surface area contributed by atoms with Gasteiger partial charge in [-0.05, 0) is 31.7 Å². The molecule has 1 N–H and O–H groups in total. The Hall–Kier alpha value is -2.80. The molecule has 0 radical (unpaired) electrons. The van der Waals surface area contributed by atoms with Gasteiger partial charge in [0.15, 0.2) is 0 Å². The zero-order valence-electron chi connectivity index (χ0n) is 14.9. The Morgan fingerprint density at radius 3 is 2.68 bits per heavy atom. The molecule has 0 saturated carbocycles. The monoisotopic (exact) mass is 338 g/mol. The van der Waals surface area contributed by atoms with Gasteiger partial charge in [-0.25, -0.2) is 0 Å². The number of nitrogens with zero attached hydrogens (tertiary/aromatic N) is 5. The van der Waals surface area contributed by atoms with Crippen LogP contribution in [0.3, 0.4) is 0 Å². The molecule has 0 bridgehead atoms. The molecular formula is C18H22N6O. The molecule has 0 saturated heterocycles. The first-order chi connectivity index (χ1) is 12.1. The van der Waals surface area contributed by atoms with E-state index in [1.807, 2.05) is 31.3 Å². The summed E-state index contributed by atoms with van der Waals surface area (Å²) in [6.07, 6.45) is 1.86. The first-order valence-electron chi connectivity index (χ1n) is 8.09. The quantitative estimate of drug-likeness (QED) is 0.744. The van der Waals surface area contributed by atoms with Crippen LogP contribution in [0.5, 0.6) is 5.75 Å². The zero-order chi connectivity index (χ0) is 17.8. The molecular weight excluding hydrogens is 316 g/mol. The maximum Gasteiger partial charge on any atom is 0.204 e. The fraction of sp³-hybridized carbons (Fsp3) is 0.333. The van der Waals surface area contributed by atoms with Gasteiger partial charge in [0, 0.05) is 36.0 Å². The number of nitrogens with one attached hydrogen (secondary N) is 1. The van der Waals surface area contributed by atoms with E-state index in [0.717, 1.165) is 46.8 Å². The normalized spacial score (nSPS) is 11.1. The molecule has 130 valence electrons. The van der Waals surface area contributed by atoms with Gasteiger partial charge in [-0.2, -0.15) is 5.21 Å². The van der Waals surface area contributed by atoms with Gasteiger partial charge in [0.25, 0.3) is 0 Å². The number of aromatic nitrogens is 5. The number of rotatable bonds is 6. The Labute approximate surface area is 147 Å². The molecule has 0 amide bonds. The second-order valence-corrected chi connectivity index (χ2v) is 6.11. The van der Waals surface area contributed by atoms with E-state index < -0.39 is 0 Å². The second-order valence-electron chi connectivity index (χ2n) is 6.11. The zero-order valence-corrected chi connectivity index (χ0v) is 14.9. The average molecular weight is 338 g/mol. The molecule has 1 aromatic carbocycles. The fourth-order valence-corrected chi connectivity index (χ4v) is 2.99. The molecule has 7 nitrogen and oxygen atoms in total. The Bertz CT molecular complexity index is 847. The summed E-state index contributed by atoms with van der Waals surface area (Å²) in [4.78, 5) is 6.79. The molecule has 7 heteroatoms. The lowest BCUT2D eigenvalue weighted by atomic mass is 10.1. The average Bonchev–Trinajstić information content (AvgIpc) is 3.13. The van der Waals surface area contributed by atoms with E-state index in [4.69, 9.17) is 4.74 Å². The number of benzene rings is 1. The van der Waals surface area contributed by atoms with Crippen molar-refractivity contribution < 1.29 is 4.74 Å². The van der Waals surface area contributed by atoms with Crippen LogP contribution in [0, 0.1) is 13.8 Å². The van der Waals surface area contributed by atoms with Crippen molar-refractivity contribution in [2.45, 2.75) is 26.9 Å². The summed E-state index contributed by atoms with van der Waals surface area (Å²) in [5, 5.41) is 14.3. The molecule has 0 atom stereocenters. The molecule has 0 aliphatic heterocycles. The third kappa shape index (κ3) is 3.66. The van der Waals surface area contributed by atoms with Crippen LogP contribution in [0.2, 0.25) is 0 Å². The van der Waals surface area contributed by atoms with Gasteiger partial charge >= 0.3 is 0 Å². The third-order valence-corrected chi connectivity index (χ3v) is 4.21. The van der Waals surface area contributed by atoms with Crippen molar-refractivity contribution >= 4 is 0 Å². The van der Waals surface area contributed by atoms with Crippen LogP contribution in [0.15, 0.2) is 30.5 Å². The van der Waals surface area contributed by atoms with Crippen LogP contribution < -0.4 is 4.74 Å². The highest BCUT2D eigenvalue weighted by Gasteiger charge is 2.14. The van der Waals surface area contributed by atoms with E-state index in [-0.39, 0.29) is 0 Å². The molecule has 0 aliphatic rings. The minimum absolute atomic E-state index is 0.607. The highest BCUT2D eigenvalue weighted by Crippen LogP contribution is 2.25. The standard InChI is InChI=1S/C18H22N6O/c1-12-9-19-16(13(2)17(12)25-4)11-24(3)10-14-7-5-6-8-15(14)18-20-22-23-21-18/h5-9H,10-11H2,1-4H3,(H,20,21,22,23). The van der Waals surface area contributed by atoms with Gasteiger partial charge < -0.3 is 4.74 Å². The van der Waals surface area contributed by atoms with E-state index in [2.05, 4.69) is 50.5 Å². The maximum absolute atomic E-state index is 5.50. The minimum atomic E-state index is 0.607. The Morgan fingerprint density at radius 2 is 1.96 bits per heavy atom. The number of hydrogen-bond donors (Lipinski definition) is 1. The number of hydrogen-bond acceptors (Lipinski definition) is 6.